The molecule has 2 aromatic rings. The summed E-state index contributed by atoms with van der Waals surface area (Å²) in [4.78, 5) is 0.296. The number of benzene rings is 2. The van der Waals surface area contributed by atoms with Gasteiger partial charge in [0.2, 0.25) is 0 Å². The van der Waals surface area contributed by atoms with Gasteiger partial charge in [0.15, 0.2) is 0 Å². The number of alkyl halides is 4. The normalized spacial score (nSPS) is 23.8. The molecule has 10 heteroatoms. The smallest absolute Gasteiger partial charge is 0.389 e. The minimum absolute atomic E-state index is 0.0479. The summed E-state index contributed by atoms with van der Waals surface area (Å²) in [5, 5.41) is 26.4. The Hall–Kier alpha value is -3.21. The second-order valence-electron chi connectivity index (χ2n) is 11.6. The van der Waals surface area contributed by atoms with E-state index >= 15 is 4.39 Å². The summed E-state index contributed by atoms with van der Waals surface area (Å²) in [5.74, 6) is -1.42. The second-order valence-corrected chi connectivity index (χ2v) is 12.7. The van der Waals surface area contributed by atoms with Gasteiger partial charge >= 0.3 is 6.18 Å². The maximum Gasteiger partial charge on any atom is 0.389 e. The van der Waals surface area contributed by atoms with E-state index in [4.69, 9.17) is 9.88 Å². The summed E-state index contributed by atoms with van der Waals surface area (Å²) in [7, 11) is -1.79. The number of nitrogens with zero attached hydrogens (tertiary/aromatic N) is 2. The first kappa shape index (κ1) is 29.8. The lowest BCUT2D eigenvalue weighted by Gasteiger charge is -2.37. The minimum atomic E-state index is -4.32. The maximum atomic E-state index is 15.9. The predicted octanol–water partition coefficient (Wildman–Crippen LogP) is 5.62. The van der Waals surface area contributed by atoms with Crippen molar-refractivity contribution in [3.05, 3.63) is 57.5 Å². The molecule has 1 saturated carbocycles. The van der Waals surface area contributed by atoms with Crippen molar-refractivity contribution in [1.82, 2.24) is 0 Å². The van der Waals surface area contributed by atoms with Gasteiger partial charge in [-0.1, -0.05) is 39.7 Å². The van der Waals surface area contributed by atoms with E-state index in [2.05, 4.69) is 6.07 Å². The van der Waals surface area contributed by atoms with Crippen LogP contribution in [0.3, 0.4) is 0 Å². The molecule has 5 atom stereocenters. The summed E-state index contributed by atoms with van der Waals surface area (Å²) in [6, 6.07) is 11.9. The quantitative estimate of drug-likeness (QED) is 0.470. The Bertz CT molecular complexity index is 1530. The van der Waals surface area contributed by atoms with Crippen LogP contribution < -0.4 is 20.3 Å². The fourth-order valence-corrected chi connectivity index (χ4v) is 6.60. The molecule has 5 unspecified atom stereocenters. The van der Waals surface area contributed by atoms with Crippen molar-refractivity contribution in [2.45, 2.75) is 76.0 Å². The standard InChI is InChI=1S/C30H31F4N3O2S/c1-29(2,3)27-24(31)12-19-11-20(15-35)23(16-36)25(18-7-4-6-17(10-18)14-30(32,33)34)26(19)28(27)39-21-8-5-9-22(13-21)40(37)38/h5,8-9,11-13,17-18,24,27H,4,6-7,10,14,37H2,1-3H3. The Kier molecular flexibility index (Phi) is 8.44. The first-order valence-corrected chi connectivity index (χ1v) is 14.3. The fraction of sp³-hybridized carbons (Fsp3) is 0.467. The van der Waals surface area contributed by atoms with E-state index in [0.717, 1.165) is 0 Å². The zero-order valence-electron chi connectivity index (χ0n) is 22.5. The molecular weight excluding hydrogens is 542 g/mol. The predicted molar refractivity (Wildman–Crippen MR) is 144 cm³/mol. The van der Waals surface area contributed by atoms with Crippen molar-refractivity contribution in [2.75, 3.05) is 0 Å². The lowest BCUT2D eigenvalue weighted by molar-refractivity contribution is -0.146. The first-order valence-electron chi connectivity index (χ1n) is 13.1. The van der Waals surface area contributed by atoms with Crippen LogP contribution >= 0.6 is 0 Å². The van der Waals surface area contributed by atoms with Crippen LogP contribution in [-0.4, -0.2) is 16.6 Å². The van der Waals surface area contributed by atoms with Crippen LogP contribution in [0.1, 0.15) is 75.5 Å². The van der Waals surface area contributed by atoms with Crippen LogP contribution in [0.4, 0.5) is 17.6 Å². The van der Waals surface area contributed by atoms with Gasteiger partial charge in [0.25, 0.3) is 0 Å². The van der Waals surface area contributed by atoms with Crippen LogP contribution in [0.15, 0.2) is 35.2 Å². The third-order valence-corrected chi connectivity index (χ3v) is 8.44. The summed E-state index contributed by atoms with van der Waals surface area (Å²) in [5.41, 5.74) is -0.100. The molecule has 0 heterocycles. The van der Waals surface area contributed by atoms with E-state index in [1.807, 2.05) is 26.8 Å². The van der Waals surface area contributed by atoms with Crippen molar-refractivity contribution in [1.29, 1.82) is 10.5 Å². The van der Waals surface area contributed by atoms with Crippen LogP contribution in [0.5, 0.6) is 5.75 Å². The maximum absolute atomic E-state index is 15.9. The van der Waals surface area contributed by atoms with Crippen molar-refractivity contribution in [3.63, 3.8) is 0 Å². The molecule has 5 nitrogen and oxygen atoms in total. The fourth-order valence-electron chi connectivity index (χ4n) is 6.16. The average Bonchev–Trinajstić information content (AvgIpc) is 2.85. The van der Waals surface area contributed by atoms with Gasteiger partial charge < -0.3 is 4.74 Å². The highest BCUT2D eigenvalue weighted by atomic mass is 32.2. The molecule has 1 fully saturated rings. The molecule has 2 aromatic carbocycles. The first-order chi connectivity index (χ1) is 18.7. The van der Waals surface area contributed by atoms with Gasteiger partial charge in [0.05, 0.1) is 21.9 Å². The van der Waals surface area contributed by atoms with Crippen molar-refractivity contribution in [2.24, 2.45) is 22.4 Å². The molecule has 0 bridgehead atoms. The summed E-state index contributed by atoms with van der Waals surface area (Å²) in [6.45, 7) is 5.56. The number of nitriles is 2. The Morgan fingerprint density at radius 3 is 2.45 bits per heavy atom. The SMILES string of the molecule is CC(C)(C)C1C(Oc2cccc(S(N)=O)c2)=c2c(C3CCCC(CC(F)(F)F)C3)c(C#N)c(C#N)cc2=CC1F. The zero-order chi connectivity index (χ0) is 29.4. The molecule has 0 aromatic heterocycles. The highest BCUT2D eigenvalue weighted by molar-refractivity contribution is 7.82. The molecule has 40 heavy (non-hydrogen) atoms. The van der Waals surface area contributed by atoms with Crippen LogP contribution in [0.2, 0.25) is 0 Å². The van der Waals surface area contributed by atoms with Gasteiger partial charge in [0.1, 0.15) is 40.8 Å². The van der Waals surface area contributed by atoms with E-state index in [0.29, 0.717) is 40.2 Å². The highest BCUT2D eigenvalue weighted by Crippen LogP contribution is 2.43. The van der Waals surface area contributed by atoms with Crippen LogP contribution in [0.25, 0.3) is 11.8 Å². The van der Waals surface area contributed by atoms with Gasteiger partial charge in [-0.2, -0.15) is 23.7 Å². The lowest BCUT2D eigenvalue weighted by atomic mass is 9.70. The second kappa shape index (κ2) is 11.3. The van der Waals surface area contributed by atoms with Gasteiger partial charge in [-0.25, -0.2) is 13.7 Å². The van der Waals surface area contributed by atoms with Crippen molar-refractivity contribution >= 4 is 22.8 Å². The molecule has 0 aliphatic heterocycles. The number of fused-ring (bicyclic) bond motifs is 1. The molecule has 2 aliphatic rings. The lowest BCUT2D eigenvalue weighted by Crippen LogP contribution is -2.47. The Morgan fingerprint density at radius 2 is 1.85 bits per heavy atom. The number of ether oxygens (including phenoxy) is 1. The molecule has 0 amide bonds. The molecule has 2 N–H and O–H groups in total. The average molecular weight is 574 g/mol. The van der Waals surface area contributed by atoms with Crippen molar-refractivity contribution < 1.29 is 26.5 Å². The van der Waals surface area contributed by atoms with Crippen LogP contribution in [-0.2, 0) is 11.0 Å². The third-order valence-electron chi connectivity index (χ3n) is 7.72. The monoisotopic (exact) mass is 573 g/mol. The van der Waals surface area contributed by atoms with E-state index < -0.39 is 52.9 Å². The highest BCUT2D eigenvalue weighted by Gasteiger charge is 2.41. The molecule has 0 saturated heterocycles. The van der Waals surface area contributed by atoms with Gasteiger partial charge in [-0.15, -0.1) is 0 Å². The molecule has 212 valence electrons. The third kappa shape index (κ3) is 6.24. The molecule has 0 radical (unpaired) electrons. The summed E-state index contributed by atoms with van der Waals surface area (Å²) in [6.07, 6.45) is -3.69. The minimum Gasteiger partial charge on any atom is -0.461 e. The van der Waals surface area contributed by atoms with Gasteiger partial charge in [0, 0.05) is 11.6 Å². The largest absolute Gasteiger partial charge is 0.461 e. The number of hydrogen-bond acceptors (Lipinski definition) is 4. The number of rotatable bonds is 5. The number of nitrogens with two attached hydrogens (primary N) is 1. The van der Waals surface area contributed by atoms with Crippen molar-refractivity contribution in [3.8, 4) is 17.9 Å². The topological polar surface area (TPSA) is 99.9 Å². The Labute approximate surface area is 233 Å². The Morgan fingerprint density at radius 1 is 1.12 bits per heavy atom. The zero-order valence-corrected chi connectivity index (χ0v) is 23.3. The molecule has 0 spiro atoms. The van der Waals surface area contributed by atoms with E-state index in [9.17, 15) is 27.9 Å². The summed E-state index contributed by atoms with van der Waals surface area (Å²) < 4.78 is 74.2. The number of hydrogen-bond donors (Lipinski definition) is 1. The van der Waals surface area contributed by atoms with E-state index in [-0.39, 0.29) is 29.1 Å². The van der Waals surface area contributed by atoms with Gasteiger partial charge in [-0.05, 0) is 71.2 Å². The van der Waals surface area contributed by atoms with Crippen LogP contribution in [0, 0.1) is 39.9 Å². The van der Waals surface area contributed by atoms with E-state index in [1.165, 1.54) is 18.2 Å². The van der Waals surface area contributed by atoms with Gasteiger partial charge in [-0.3, -0.25) is 0 Å². The Balaban J connectivity index is 2.05. The molecule has 4 rings (SSSR count). The molecular formula is C30H31F4N3O2S. The molecule has 2 aliphatic carbocycles. The summed E-state index contributed by atoms with van der Waals surface area (Å²) >= 11 is 0. The number of halogens is 4. The van der Waals surface area contributed by atoms with E-state index in [1.54, 1.807) is 18.2 Å².